The van der Waals surface area contributed by atoms with Gasteiger partial charge < -0.3 is 10.4 Å². The highest BCUT2D eigenvalue weighted by Gasteiger charge is 2.15. The van der Waals surface area contributed by atoms with Crippen molar-refractivity contribution in [3.05, 3.63) is 35.9 Å². The third kappa shape index (κ3) is 6.96. The first-order valence-corrected chi connectivity index (χ1v) is 8.15. The molecule has 0 aliphatic heterocycles. The molecule has 0 saturated carbocycles. The van der Waals surface area contributed by atoms with E-state index in [9.17, 15) is 9.90 Å². The van der Waals surface area contributed by atoms with Gasteiger partial charge in [-0.15, -0.1) is 11.8 Å². The van der Waals surface area contributed by atoms with Gasteiger partial charge >= 0.3 is 0 Å². The largest absolute Gasteiger partial charge is 0.391 e. The van der Waals surface area contributed by atoms with Gasteiger partial charge in [-0.2, -0.15) is 0 Å². The molecule has 0 aliphatic carbocycles. The first-order valence-electron chi connectivity index (χ1n) is 7.10. The van der Waals surface area contributed by atoms with Crippen molar-refractivity contribution in [2.24, 2.45) is 5.92 Å². The Bertz CT molecular complexity index is 395. The Kier molecular flexibility index (Phi) is 7.70. The highest BCUT2D eigenvalue weighted by molar-refractivity contribution is 7.99. The molecule has 20 heavy (non-hydrogen) atoms. The predicted octanol–water partition coefficient (Wildman–Crippen LogP) is 2.83. The number of hydrogen-bond donors (Lipinski definition) is 2. The van der Waals surface area contributed by atoms with E-state index in [-0.39, 0.29) is 11.2 Å². The van der Waals surface area contributed by atoms with Crippen LogP contribution in [-0.2, 0) is 10.5 Å². The van der Waals surface area contributed by atoms with Crippen LogP contribution in [0.25, 0.3) is 0 Å². The van der Waals surface area contributed by atoms with Crippen LogP contribution in [0.1, 0.15) is 32.8 Å². The van der Waals surface area contributed by atoms with Crippen LogP contribution in [0.4, 0.5) is 0 Å². The van der Waals surface area contributed by atoms with Crippen LogP contribution < -0.4 is 5.32 Å². The van der Waals surface area contributed by atoms with Crippen LogP contribution in [0.2, 0.25) is 0 Å². The molecule has 2 unspecified atom stereocenters. The number of carbonyl (C=O) groups is 1. The average molecular weight is 295 g/mol. The molecule has 1 aromatic rings. The second-order valence-electron chi connectivity index (χ2n) is 5.47. The van der Waals surface area contributed by atoms with Crippen LogP contribution in [0.5, 0.6) is 0 Å². The number of carbonyl (C=O) groups excluding carboxylic acids is 1. The second kappa shape index (κ2) is 9.03. The summed E-state index contributed by atoms with van der Waals surface area (Å²) in [5.74, 6) is 1.25. The molecule has 4 heteroatoms. The van der Waals surface area contributed by atoms with Crippen molar-refractivity contribution in [1.29, 1.82) is 0 Å². The number of hydrogen-bond acceptors (Lipinski definition) is 3. The smallest absolute Gasteiger partial charge is 0.232 e. The molecule has 0 spiro atoms. The van der Waals surface area contributed by atoms with Crippen LogP contribution in [-0.4, -0.2) is 28.9 Å². The average Bonchev–Trinajstić information content (AvgIpc) is 2.42. The molecule has 112 valence electrons. The summed E-state index contributed by atoms with van der Waals surface area (Å²) in [5, 5.41) is 12.4. The van der Waals surface area contributed by atoms with Crippen molar-refractivity contribution in [2.75, 3.05) is 6.54 Å². The zero-order valence-electron chi connectivity index (χ0n) is 12.5. The fraction of sp³-hybridized carbons (Fsp3) is 0.562. The van der Waals surface area contributed by atoms with E-state index in [1.165, 1.54) is 5.56 Å². The van der Waals surface area contributed by atoms with Gasteiger partial charge in [0.1, 0.15) is 0 Å². The summed E-state index contributed by atoms with van der Waals surface area (Å²) in [7, 11) is 0. The Labute approximate surface area is 126 Å². The molecule has 1 amide bonds. The van der Waals surface area contributed by atoms with Crippen molar-refractivity contribution in [3.8, 4) is 0 Å². The van der Waals surface area contributed by atoms with Gasteiger partial charge in [-0.1, -0.05) is 44.2 Å². The van der Waals surface area contributed by atoms with Gasteiger partial charge in [-0.05, 0) is 24.8 Å². The Balaban J connectivity index is 2.25. The quantitative estimate of drug-likeness (QED) is 0.775. The van der Waals surface area contributed by atoms with E-state index in [0.717, 1.165) is 5.75 Å². The third-order valence-corrected chi connectivity index (χ3v) is 4.18. The molecule has 3 nitrogen and oxygen atoms in total. The molecule has 2 atom stereocenters. The standard InChI is InChI=1S/C16H25NO2S/c1-12(2)9-15(18)10-17-16(19)13(3)20-11-14-7-5-4-6-8-14/h4-8,12-13,15,18H,9-11H2,1-3H3,(H,17,19). The van der Waals surface area contributed by atoms with Gasteiger partial charge in [-0.25, -0.2) is 0 Å². The number of aliphatic hydroxyl groups excluding tert-OH is 1. The van der Waals surface area contributed by atoms with Crippen molar-refractivity contribution in [1.82, 2.24) is 5.32 Å². The van der Waals surface area contributed by atoms with Crippen molar-refractivity contribution >= 4 is 17.7 Å². The number of rotatable bonds is 8. The second-order valence-corrected chi connectivity index (χ2v) is 6.80. The summed E-state index contributed by atoms with van der Waals surface area (Å²) in [6.45, 7) is 6.36. The highest BCUT2D eigenvalue weighted by atomic mass is 32.2. The summed E-state index contributed by atoms with van der Waals surface area (Å²) < 4.78 is 0. The van der Waals surface area contributed by atoms with E-state index in [1.54, 1.807) is 11.8 Å². The number of aliphatic hydroxyl groups is 1. The lowest BCUT2D eigenvalue weighted by Gasteiger charge is -2.16. The summed E-state index contributed by atoms with van der Waals surface area (Å²) in [6.07, 6.45) is 0.261. The Morgan fingerprint density at radius 2 is 1.90 bits per heavy atom. The monoisotopic (exact) mass is 295 g/mol. The minimum atomic E-state index is -0.453. The zero-order valence-corrected chi connectivity index (χ0v) is 13.3. The van der Waals surface area contributed by atoms with E-state index in [4.69, 9.17) is 0 Å². The SMILES string of the molecule is CC(C)CC(O)CNC(=O)C(C)SCc1ccccc1. The normalized spacial score (nSPS) is 14.1. The first kappa shape index (κ1) is 17.1. The summed E-state index contributed by atoms with van der Waals surface area (Å²) in [4.78, 5) is 11.9. The van der Waals surface area contributed by atoms with Crippen molar-refractivity contribution in [2.45, 2.75) is 44.3 Å². The third-order valence-electron chi connectivity index (χ3n) is 2.97. The van der Waals surface area contributed by atoms with Crippen LogP contribution >= 0.6 is 11.8 Å². The van der Waals surface area contributed by atoms with Crippen LogP contribution in [0.3, 0.4) is 0 Å². The topological polar surface area (TPSA) is 49.3 Å². The van der Waals surface area contributed by atoms with E-state index in [1.807, 2.05) is 25.1 Å². The molecule has 0 bridgehead atoms. The Hall–Kier alpha value is -1.00. The molecular formula is C16H25NO2S. The molecule has 0 saturated heterocycles. The number of amides is 1. The molecular weight excluding hydrogens is 270 g/mol. The lowest BCUT2D eigenvalue weighted by Crippen LogP contribution is -2.37. The predicted molar refractivity (Wildman–Crippen MR) is 85.7 cm³/mol. The van der Waals surface area contributed by atoms with Crippen LogP contribution in [0.15, 0.2) is 30.3 Å². The maximum absolute atomic E-state index is 11.9. The molecule has 0 fully saturated rings. The van der Waals surface area contributed by atoms with E-state index in [2.05, 4.69) is 31.3 Å². The highest BCUT2D eigenvalue weighted by Crippen LogP contribution is 2.17. The molecule has 1 aromatic carbocycles. The molecule has 0 radical (unpaired) electrons. The van der Waals surface area contributed by atoms with Gasteiger partial charge in [-0.3, -0.25) is 4.79 Å². The fourth-order valence-electron chi connectivity index (χ4n) is 1.86. The fourth-order valence-corrected chi connectivity index (χ4v) is 2.73. The van der Waals surface area contributed by atoms with E-state index >= 15 is 0 Å². The summed E-state index contributed by atoms with van der Waals surface area (Å²) in [5.41, 5.74) is 1.22. The number of nitrogens with one attached hydrogen (secondary N) is 1. The number of thioether (sulfide) groups is 1. The Morgan fingerprint density at radius 1 is 1.25 bits per heavy atom. The van der Waals surface area contributed by atoms with Gasteiger partial charge in [0.25, 0.3) is 0 Å². The zero-order chi connectivity index (χ0) is 15.0. The molecule has 1 rings (SSSR count). The lowest BCUT2D eigenvalue weighted by atomic mass is 10.1. The maximum atomic E-state index is 11.9. The van der Waals surface area contributed by atoms with Gasteiger partial charge in [0, 0.05) is 12.3 Å². The summed E-state index contributed by atoms with van der Waals surface area (Å²) >= 11 is 1.61. The minimum absolute atomic E-state index is 0.00580. The lowest BCUT2D eigenvalue weighted by molar-refractivity contribution is -0.120. The number of benzene rings is 1. The Morgan fingerprint density at radius 3 is 2.50 bits per heavy atom. The first-order chi connectivity index (χ1) is 9.49. The molecule has 0 aromatic heterocycles. The van der Waals surface area contributed by atoms with Crippen molar-refractivity contribution in [3.63, 3.8) is 0 Å². The van der Waals surface area contributed by atoms with Crippen LogP contribution in [0, 0.1) is 5.92 Å². The van der Waals surface area contributed by atoms with Crippen molar-refractivity contribution < 1.29 is 9.90 Å². The van der Waals surface area contributed by atoms with Gasteiger partial charge in [0.2, 0.25) is 5.91 Å². The van der Waals surface area contributed by atoms with Gasteiger partial charge in [0.05, 0.1) is 11.4 Å². The molecule has 0 heterocycles. The molecule has 2 N–H and O–H groups in total. The van der Waals surface area contributed by atoms with E-state index < -0.39 is 6.10 Å². The maximum Gasteiger partial charge on any atom is 0.232 e. The van der Waals surface area contributed by atoms with Gasteiger partial charge in [0.15, 0.2) is 0 Å². The molecule has 0 aliphatic rings. The van der Waals surface area contributed by atoms with E-state index in [0.29, 0.717) is 18.9 Å². The minimum Gasteiger partial charge on any atom is -0.391 e. The summed E-state index contributed by atoms with van der Waals surface area (Å²) in [6, 6.07) is 10.1.